The highest BCUT2D eigenvalue weighted by atomic mass is 32.2. The Labute approximate surface area is 196 Å². The first-order valence-corrected chi connectivity index (χ1v) is 11.8. The Kier molecular flexibility index (Phi) is 7.28. The van der Waals surface area contributed by atoms with Gasteiger partial charge in [-0.2, -0.15) is 5.10 Å². The maximum absolute atomic E-state index is 13.2. The number of ether oxygens (including phenoxy) is 1. The smallest absolute Gasteiger partial charge is 0.282 e. The lowest BCUT2D eigenvalue weighted by atomic mass is 10.2. The van der Waals surface area contributed by atoms with Crippen LogP contribution in [-0.4, -0.2) is 53.3 Å². The van der Waals surface area contributed by atoms with Gasteiger partial charge >= 0.3 is 0 Å². The number of aryl methyl sites for hydroxylation is 1. The molecule has 0 saturated carbocycles. The molecule has 9 nitrogen and oxygen atoms in total. The van der Waals surface area contributed by atoms with Crippen molar-refractivity contribution in [3.8, 4) is 28.6 Å². The lowest BCUT2D eigenvalue weighted by Gasteiger charge is -2.09. The second kappa shape index (κ2) is 10.3. The molecule has 0 aliphatic rings. The number of thioether (sulfide) groups is 2. The molecule has 1 atom stereocenters. The molecule has 0 radical (unpaired) electrons. The summed E-state index contributed by atoms with van der Waals surface area (Å²) in [5, 5.41) is 20.0. The molecule has 3 heterocycles. The van der Waals surface area contributed by atoms with Crippen LogP contribution in [0.2, 0.25) is 0 Å². The standard InChI is InChI=1S/C20H21F2N7O2S2/c1-4-13(33-19-23-17(24-26-19)11-5-7-12(30-3)8-6-11)10-32-20-27-25-18(31-20)14-9-29(2)28-15(14)16(21)22/h5-9,13,16H,4,10H2,1-3H3,(H,23,24,26). The Bertz CT molecular complexity index is 1190. The van der Waals surface area contributed by atoms with Gasteiger partial charge in [-0.15, -0.1) is 15.3 Å². The molecule has 0 amide bonds. The molecule has 0 bridgehead atoms. The van der Waals surface area contributed by atoms with E-state index in [1.165, 1.54) is 22.6 Å². The van der Waals surface area contributed by atoms with Crippen molar-refractivity contribution < 1.29 is 17.9 Å². The van der Waals surface area contributed by atoms with Gasteiger partial charge in [-0.05, 0) is 30.7 Å². The van der Waals surface area contributed by atoms with Gasteiger partial charge in [-0.25, -0.2) is 13.8 Å². The monoisotopic (exact) mass is 493 g/mol. The molecule has 1 aromatic carbocycles. The second-order valence-electron chi connectivity index (χ2n) is 6.93. The van der Waals surface area contributed by atoms with Crippen LogP contribution in [0.1, 0.15) is 25.5 Å². The highest BCUT2D eigenvalue weighted by molar-refractivity contribution is 8.03. The fourth-order valence-electron chi connectivity index (χ4n) is 2.93. The minimum atomic E-state index is -2.73. The fraction of sp³-hybridized carbons (Fsp3) is 0.350. The molecule has 4 rings (SSSR count). The molecule has 3 aromatic heterocycles. The quantitative estimate of drug-likeness (QED) is 0.310. The zero-order valence-electron chi connectivity index (χ0n) is 18.0. The molecular weight excluding hydrogens is 472 g/mol. The van der Waals surface area contributed by atoms with Gasteiger partial charge in [0.15, 0.2) is 5.82 Å². The minimum absolute atomic E-state index is 0.0275. The molecule has 0 fully saturated rings. The summed E-state index contributed by atoms with van der Waals surface area (Å²) in [5.74, 6) is 2.13. The lowest BCUT2D eigenvalue weighted by molar-refractivity contribution is 0.145. The van der Waals surface area contributed by atoms with E-state index in [-0.39, 0.29) is 22.4 Å². The summed E-state index contributed by atoms with van der Waals surface area (Å²) in [4.78, 5) is 4.57. The van der Waals surface area contributed by atoms with Crippen molar-refractivity contribution in [3.05, 3.63) is 36.2 Å². The van der Waals surface area contributed by atoms with E-state index < -0.39 is 6.43 Å². The molecule has 174 valence electrons. The number of benzene rings is 1. The molecule has 0 aliphatic carbocycles. The van der Waals surface area contributed by atoms with Crippen LogP contribution in [0.3, 0.4) is 0 Å². The van der Waals surface area contributed by atoms with Crippen molar-refractivity contribution in [2.24, 2.45) is 7.05 Å². The Morgan fingerprint density at radius 3 is 2.70 bits per heavy atom. The van der Waals surface area contributed by atoms with E-state index in [1.54, 1.807) is 25.9 Å². The van der Waals surface area contributed by atoms with E-state index in [2.05, 4.69) is 37.4 Å². The minimum Gasteiger partial charge on any atom is -0.497 e. The van der Waals surface area contributed by atoms with Crippen molar-refractivity contribution in [2.45, 2.75) is 35.4 Å². The summed E-state index contributed by atoms with van der Waals surface area (Å²) < 4.78 is 38.5. The first-order chi connectivity index (χ1) is 16.0. The van der Waals surface area contributed by atoms with Crippen molar-refractivity contribution in [1.82, 2.24) is 35.2 Å². The highest BCUT2D eigenvalue weighted by Crippen LogP contribution is 2.33. The Morgan fingerprint density at radius 1 is 1.21 bits per heavy atom. The summed E-state index contributed by atoms with van der Waals surface area (Å²) in [5.41, 5.74) is 0.673. The number of aromatic nitrogens is 7. The molecule has 13 heteroatoms. The topological polar surface area (TPSA) is 108 Å². The van der Waals surface area contributed by atoms with Gasteiger partial charge in [-0.3, -0.25) is 9.78 Å². The second-order valence-corrected chi connectivity index (χ2v) is 9.17. The van der Waals surface area contributed by atoms with Crippen molar-refractivity contribution >= 4 is 23.5 Å². The Balaban J connectivity index is 1.37. The zero-order chi connectivity index (χ0) is 23.4. The SMILES string of the molecule is CCC(CSc1nnc(-c2cn(C)nc2C(F)F)o1)Sc1n[nH]c(-c2ccc(OC)cc2)n1. The predicted molar refractivity (Wildman–Crippen MR) is 120 cm³/mol. The van der Waals surface area contributed by atoms with Crippen LogP contribution in [0.5, 0.6) is 5.75 Å². The van der Waals surface area contributed by atoms with Crippen LogP contribution >= 0.6 is 23.5 Å². The maximum Gasteiger partial charge on any atom is 0.282 e. The van der Waals surface area contributed by atoms with Crippen LogP contribution < -0.4 is 4.74 Å². The number of H-pyrrole nitrogens is 1. The van der Waals surface area contributed by atoms with Crippen LogP contribution in [0.4, 0.5) is 8.78 Å². The summed E-state index contributed by atoms with van der Waals surface area (Å²) in [7, 11) is 3.18. The third-order valence-electron chi connectivity index (χ3n) is 4.65. The first kappa shape index (κ1) is 23.2. The van der Waals surface area contributed by atoms with Gasteiger partial charge in [0, 0.05) is 29.8 Å². The van der Waals surface area contributed by atoms with E-state index in [0.717, 1.165) is 17.7 Å². The molecule has 1 unspecified atom stereocenters. The van der Waals surface area contributed by atoms with E-state index >= 15 is 0 Å². The van der Waals surface area contributed by atoms with Crippen LogP contribution in [0.15, 0.2) is 45.3 Å². The summed E-state index contributed by atoms with van der Waals surface area (Å²) >= 11 is 2.90. The maximum atomic E-state index is 13.2. The van der Waals surface area contributed by atoms with Crippen molar-refractivity contribution in [2.75, 3.05) is 12.9 Å². The Hall–Kier alpha value is -2.93. The van der Waals surface area contributed by atoms with E-state index in [1.807, 2.05) is 24.3 Å². The van der Waals surface area contributed by atoms with Crippen LogP contribution in [0.25, 0.3) is 22.8 Å². The largest absolute Gasteiger partial charge is 0.497 e. The number of hydrogen-bond donors (Lipinski definition) is 1. The fourth-order valence-corrected chi connectivity index (χ4v) is 4.92. The average molecular weight is 494 g/mol. The zero-order valence-corrected chi connectivity index (χ0v) is 19.7. The lowest BCUT2D eigenvalue weighted by Crippen LogP contribution is -2.04. The normalized spacial score (nSPS) is 12.4. The first-order valence-electron chi connectivity index (χ1n) is 9.98. The summed E-state index contributed by atoms with van der Waals surface area (Å²) in [6, 6.07) is 7.56. The van der Waals surface area contributed by atoms with Crippen molar-refractivity contribution in [1.29, 1.82) is 0 Å². The van der Waals surface area contributed by atoms with Gasteiger partial charge in [-0.1, -0.05) is 30.4 Å². The Morgan fingerprint density at radius 2 is 2.00 bits per heavy atom. The van der Waals surface area contributed by atoms with Crippen LogP contribution in [-0.2, 0) is 7.05 Å². The van der Waals surface area contributed by atoms with Gasteiger partial charge < -0.3 is 9.15 Å². The molecule has 1 N–H and O–H groups in total. The number of methoxy groups -OCH3 is 1. The molecule has 0 saturated heterocycles. The van der Waals surface area contributed by atoms with Gasteiger partial charge in [0.25, 0.3) is 17.5 Å². The molecular formula is C20H21F2N7O2S2. The molecule has 0 aliphatic heterocycles. The van der Waals surface area contributed by atoms with Gasteiger partial charge in [0.2, 0.25) is 5.16 Å². The molecule has 33 heavy (non-hydrogen) atoms. The highest BCUT2D eigenvalue weighted by Gasteiger charge is 2.23. The van der Waals surface area contributed by atoms with Gasteiger partial charge in [0.1, 0.15) is 11.4 Å². The number of alkyl halides is 2. The predicted octanol–water partition coefficient (Wildman–Crippen LogP) is 4.86. The van der Waals surface area contributed by atoms with E-state index in [9.17, 15) is 8.78 Å². The van der Waals surface area contributed by atoms with E-state index in [4.69, 9.17) is 9.15 Å². The average Bonchev–Trinajstić information content (AvgIpc) is 3.56. The molecule has 0 spiro atoms. The number of hydrogen-bond acceptors (Lipinski definition) is 9. The summed E-state index contributed by atoms with van der Waals surface area (Å²) in [6.07, 6.45) is -0.421. The van der Waals surface area contributed by atoms with Crippen LogP contribution in [0, 0.1) is 0 Å². The number of rotatable bonds is 10. The number of nitrogens with one attached hydrogen (secondary N) is 1. The third kappa shape index (κ3) is 5.53. The summed E-state index contributed by atoms with van der Waals surface area (Å²) in [6.45, 7) is 2.07. The molecule has 4 aromatic rings. The van der Waals surface area contributed by atoms with Gasteiger partial charge in [0.05, 0.1) is 12.7 Å². The number of halogens is 2. The van der Waals surface area contributed by atoms with E-state index in [0.29, 0.717) is 22.0 Å². The third-order valence-corrected chi connectivity index (χ3v) is 7.07. The number of nitrogens with zero attached hydrogens (tertiary/aromatic N) is 6. The number of aromatic amines is 1. The van der Waals surface area contributed by atoms with Crippen molar-refractivity contribution in [3.63, 3.8) is 0 Å².